The van der Waals surface area contributed by atoms with Gasteiger partial charge in [-0.3, -0.25) is 9.69 Å². The van der Waals surface area contributed by atoms with Crippen LogP contribution in [-0.2, 0) is 0 Å². The van der Waals surface area contributed by atoms with Crippen LogP contribution in [0.5, 0.6) is 0 Å². The molecule has 0 aliphatic heterocycles. The summed E-state index contributed by atoms with van der Waals surface area (Å²) >= 11 is 0. The van der Waals surface area contributed by atoms with Gasteiger partial charge in [-0.25, -0.2) is 0 Å². The Labute approximate surface area is 139 Å². The third kappa shape index (κ3) is 4.67. The van der Waals surface area contributed by atoms with Crippen LogP contribution >= 0.6 is 0 Å². The van der Waals surface area contributed by atoms with E-state index < -0.39 is 0 Å². The van der Waals surface area contributed by atoms with Crippen molar-refractivity contribution in [3.63, 3.8) is 0 Å². The molecule has 0 radical (unpaired) electrons. The molecule has 0 aliphatic rings. The fourth-order valence-corrected chi connectivity index (χ4v) is 2.88. The van der Waals surface area contributed by atoms with Crippen molar-refractivity contribution >= 4 is 5.91 Å². The molecular weight excluding hydrogens is 284 g/mol. The maximum atomic E-state index is 12.4. The molecule has 3 heteroatoms. The SMILES string of the molecule is CCN(CC)C(CNC(=O)c1cccc(C)c1)c1ccccc1. The molecule has 1 amide bonds. The molecule has 2 rings (SSSR count). The van der Waals surface area contributed by atoms with E-state index in [2.05, 4.69) is 36.2 Å². The number of carbonyl (C=O) groups is 1. The fraction of sp³-hybridized carbons (Fsp3) is 0.350. The molecule has 1 N–H and O–H groups in total. The summed E-state index contributed by atoms with van der Waals surface area (Å²) < 4.78 is 0. The van der Waals surface area contributed by atoms with Crippen molar-refractivity contribution in [3.8, 4) is 0 Å². The molecular formula is C20H26N2O. The molecule has 2 aromatic rings. The number of nitrogens with one attached hydrogen (secondary N) is 1. The van der Waals surface area contributed by atoms with Gasteiger partial charge in [0, 0.05) is 12.1 Å². The number of hydrogen-bond acceptors (Lipinski definition) is 2. The quantitative estimate of drug-likeness (QED) is 0.843. The zero-order valence-corrected chi connectivity index (χ0v) is 14.3. The summed E-state index contributed by atoms with van der Waals surface area (Å²) in [5.41, 5.74) is 3.05. The van der Waals surface area contributed by atoms with E-state index >= 15 is 0 Å². The summed E-state index contributed by atoms with van der Waals surface area (Å²) in [6.45, 7) is 8.83. The zero-order valence-electron chi connectivity index (χ0n) is 14.3. The van der Waals surface area contributed by atoms with Crippen LogP contribution in [0.2, 0.25) is 0 Å². The Balaban J connectivity index is 2.10. The van der Waals surface area contributed by atoms with Crippen molar-refractivity contribution < 1.29 is 4.79 Å². The van der Waals surface area contributed by atoms with Crippen molar-refractivity contribution in [2.45, 2.75) is 26.8 Å². The van der Waals surface area contributed by atoms with Gasteiger partial charge in [0.05, 0.1) is 6.04 Å². The zero-order chi connectivity index (χ0) is 16.7. The van der Waals surface area contributed by atoms with E-state index in [-0.39, 0.29) is 11.9 Å². The highest BCUT2D eigenvalue weighted by atomic mass is 16.1. The first kappa shape index (κ1) is 17.2. The summed E-state index contributed by atoms with van der Waals surface area (Å²) in [6.07, 6.45) is 0. The molecule has 0 aromatic heterocycles. The highest BCUT2D eigenvalue weighted by Crippen LogP contribution is 2.19. The molecule has 1 unspecified atom stereocenters. The van der Waals surface area contributed by atoms with Gasteiger partial charge in [0.2, 0.25) is 0 Å². The molecule has 0 saturated heterocycles. The lowest BCUT2D eigenvalue weighted by Gasteiger charge is -2.30. The molecule has 3 nitrogen and oxygen atoms in total. The molecule has 0 saturated carbocycles. The molecule has 23 heavy (non-hydrogen) atoms. The molecule has 122 valence electrons. The Hall–Kier alpha value is -2.13. The van der Waals surface area contributed by atoms with Crippen molar-refractivity contribution in [1.82, 2.24) is 10.2 Å². The number of benzene rings is 2. The second kappa shape index (κ2) is 8.49. The first-order chi connectivity index (χ1) is 11.2. The van der Waals surface area contributed by atoms with Crippen LogP contribution in [0.4, 0.5) is 0 Å². The van der Waals surface area contributed by atoms with Crippen LogP contribution in [-0.4, -0.2) is 30.4 Å². The minimum absolute atomic E-state index is 0.0122. The normalized spacial score (nSPS) is 12.2. The molecule has 2 aromatic carbocycles. The topological polar surface area (TPSA) is 32.3 Å². The summed E-state index contributed by atoms with van der Waals surface area (Å²) in [5.74, 6) is -0.0122. The van der Waals surface area contributed by atoms with Gasteiger partial charge in [0.1, 0.15) is 0 Å². The first-order valence-corrected chi connectivity index (χ1v) is 8.29. The second-order valence-electron chi connectivity index (χ2n) is 5.73. The summed E-state index contributed by atoms with van der Waals surface area (Å²) in [6, 6.07) is 18.3. The monoisotopic (exact) mass is 310 g/mol. The van der Waals surface area contributed by atoms with Gasteiger partial charge in [-0.1, -0.05) is 61.9 Å². The average Bonchev–Trinajstić information content (AvgIpc) is 2.59. The minimum Gasteiger partial charge on any atom is -0.350 e. The lowest BCUT2D eigenvalue weighted by atomic mass is 10.0. The van der Waals surface area contributed by atoms with E-state index in [0.717, 1.165) is 24.2 Å². The summed E-state index contributed by atoms with van der Waals surface area (Å²) in [7, 11) is 0. The maximum absolute atomic E-state index is 12.4. The van der Waals surface area contributed by atoms with E-state index in [9.17, 15) is 4.79 Å². The Morgan fingerprint density at radius 2 is 1.74 bits per heavy atom. The van der Waals surface area contributed by atoms with Crippen molar-refractivity contribution in [2.75, 3.05) is 19.6 Å². The highest BCUT2D eigenvalue weighted by Gasteiger charge is 2.18. The molecule has 0 spiro atoms. The third-order valence-electron chi connectivity index (χ3n) is 4.17. The predicted molar refractivity (Wildman–Crippen MR) is 95.6 cm³/mol. The molecule has 0 heterocycles. The lowest BCUT2D eigenvalue weighted by Crippen LogP contribution is -2.38. The predicted octanol–water partition coefficient (Wildman–Crippen LogP) is 3.81. The van der Waals surface area contributed by atoms with E-state index in [1.54, 1.807) is 0 Å². The molecule has 0 fully saturated rings. The number of likely N-dealkylation sites (N-methyl/N-ethyl adjacent to an activating group) is 1. The van der Waals surface area contributed by atoms with Crippen LogP contribution in [0, 0.1) is 6.92 Å². The minimum atomic E-state index is -0.0122. The second-order valence-corrected chi connectivity index (χ2v) is 5.73. The van der Waals surface area contributed by atoms with Crippen LogP contribution in [0.3, 0.4) is 0 Å². The lowest BCUT2D eigenvalue weighted by molar-refractivity contribution is 0.0935. The Morgan fingerprint density at radius 1 is 1.04 bits per heavy atom. The number of amides is 1. The Kier molecular flexibility index (Phi) is 6.36. The van der Waals surface area contributed by atoms with E-state index in [0.29, 0.717) is 6.54 Å². The van der Waals surface area contributed by atoms with Gasteiger partial charge in [-0.05, 0) is 37.7 Å². The van der Waals surface area contributed by atoms with Gasteiger partial charge >= 0.3 is 0 Å². The third-order valence-corrected chi connectivity index (χ3v) is 4.17. The molecule has 0 aliphatic carbocycles. The molecule has 0 bridgehead atoms. The number of rotatable bonds is 7. The van der Waals surface area contributed by atoms with Crippen LogP contribution in [0.1, 0.15) is 41.4 Å². The van der Waals surface area contributed by atoms with Crippen molar-refractivity contribution in [2.24, 2.45) is 0 Å². The van der Waals surface area contributed by atoms with Gasteiger partial charge in [-0.15, -0.1) is 0 Å². The summed E-state index contributed by atoms with van der Waals surface area (Å²) in [5, 5.41) is 3.09. The smallest absolute Gasteiger partial charge is 0.251 e. The van der Waals surface area contributed by atoms with Crippen LogP contribution < -0.4 is 5.32 Å². The van der Waals surface area contributed by atoms with Gasteiger partial charge in [0.15, 0.2) is 0 Å². The van der Waals surface area contributed by atoms with Gasteiger partial charge in [0.25, 0.3) is 5.91 Å². The molecule has 1 atom stereocenters. The van der Waals surface area contributed by atoms with E-state index in [1.807, 2.05) is 49.4 Å². The van der Waals surface area contributed by atoms with Crippen LogP contribution in [0.15, 0.2) is 54.6 Å². The fourth-order valence-electron chi connectivity index (χ4n) is 2.88. The van der Waals surface area contributed by atoms with Gasteiger partial charge < -0.3 is 5.32 Å². The first-order valence-electron chi connectivity index (χ1n) is 8.29. The standard InChI is InChI=1S/C20H26N2O/c1-4-22(5-2)19(17-11-7-6-8-12-17)15-21-20(23)18-13-9-10-16(3)14-18/h6-14,19H,4-5,15H2,1-3H3,(H,21,23). The van der Waals surface area contributed by atoms with Gasteiger partial charge in [-0.2, -0.15) is 0 Å². The maximum Gasteiger partial charge on any atom is 0.251 e. The average molecular weight is 310 g/mol. The highest BCUT2D eigenvalue weighted by molar-refractivity contribution is 5.94. The summed E-state index contributed by atoms with van der Waals surface area (Å²) in [4.78, 5) is 14.8. The number of aryl methyl sites for hydroxylation is 1. The largest absolute Gasteiger partial charge is 0.350 e. The van der Waals surface area contributed by atoms with Crippen molar-refractivity contribution in [3.05, 3.63) is 71.3 Å². The van der Waals surface area contributed by atoms with E-state index in [1.165, 1.54) is 5.56 Å². The van der Waals surface area contributed by atoms with Crippen LogP contribution in [0.25, 0.3) is 0 Å². The van der Waals surface area contributed by atoms with E-state index in [4.69, 9.17) is 0 Å². The Morgan fingerprint density at radius 3 is 2.35 bits per heavy atom. The number of carbonyl (C=O) groups excluding carboxylic acids is 1. The van der Waals surface area contributed by atoms with Crippen molar-refractivity contribution in [1.29, 1.82) is 0 Å². The Bertz CT molecular complexity index is 621. The number of hydrogen-bond donors (Lipinski definition) is 1. The number of nitrogens with zero attached hydrogens (tertiary/aromatic N) is 1.